The lowest BCUT2D eigenvalue weighted by molar-refractivity contribution is -0.129. The smallest absolute Gasteiger partial charge is 0.494 e. The quantitative estimate of drug-likeness (QED) is 0.774. The summed E-state index contributed by atoms with van der Waals surface area (Å²) in [5, 5.41) is 0. The Morgan fingerprint density at radius 3 is 2.29 bits per heavy atom. The maximum atomic E-state index is 12.1. The van der Waals surface area contributed by atoms with Gasteiger partial charge in [-0.15, -0.1) is 0 Å². The van der Waals surface area contributed by atoms with Crippen LogP contribution >= 0.6 is 0 Å². The number of nitrogens with zero attached hydrogens (tertiary/aromatic N) is 1. The fourth-order valence-corrected chi connectivity index (χ4v) is 2.51. The Labute approximate surface area is 145 Å². The molecule has 1 saturated heterocycles. The average Bonchev–Trinajstić information content (AvgIpc) is 2.74. The number of carbonyl (C=O) groups is 1. The number of hydrogen-bond acceptors (Lipinski definition) is 4. The van der Waals surface area contributed by atoms with E-state index in [0.29, 0.717) is 18.7 Å². The Bertz CT molecular complexity index is 599. The van der Waals surface area contributed by atoms with Crippen molar-refractivity contribution in [3.63, 3.8) is 0 Å². The first-order chi connectivity index (χ1) is 11.1. The molecule has 0 aliphatic carbocycles. The van der Waals surface area contributed by atoms with Crippen LogP contribution in [-0.2, 0) is 20.5 Å². The molecule has 0 saturated carbocycles. The lowest BCUT2D eigenvalue weighted by Gasteiger charge is -2.32. The number of benzene rings is 1. The van der Waals surface area contributed by atoms with Crippen LogP contribution in [0.4, 0.5) is 0 Å². The van der Waals surface area contributed by atoms with E-state index in [9.17, 15) is 4.79 Å². The summed E-state index contributed by atoms with van der Waals surface area (Å²) in [5.74, 6) is 0.749. The molecule has 1 aliphatic heterocycles. The minimum Gasteiger partial charge on any atom is -0.496 e. The van der Waals surface area contributed by atoms with Crippen LogP contribution in [0.15, 0.2) is 18.2 Å². The standard InChI is InChI=1S/C18H28BNO4/c1-8-20(6)16(21)11-13-9-10-14(12-15(13)22-7)19-23-17(2,3)18(4,5)24-19/h9-10,12H,8,11H2,1-7H3. The van der Waals surface area contributed by atoms with Crippen LogP contribution in [0.1, 0.15) is 40.2 Å². The molecule has 1 amide bonds. The Balaban J connectivity index is 2.22. The molecule has 0 atom stereocenters. The number of ether oxygens (including phenoxy) is 1. The van der Waals surface area contributed by atoms with Gasteiger partial charge in [0.05, 0.1) is 24.7 Å². The van der Waals surface area contributed by atoms with Crippen LogP contribution in [0.25, 0.3) is 0 Å². The minimum atomic E-state index is -0.438. The minimum absolute atomic E-state index is 0.0687. The topological polar surface area (TPSA) is 48.0 Å². The molecule has 1 aromatic rings. The predicted molar refractivity (Wildman–Crippen MR) is 95.7 cm³/mol. The van der Waals surface area contributed by atoms with Gasteiger partial charge in [0.1, 0.15) is 5.75 Å². The van der Waals surface area contributed by atoms with Crippen molar-refractivity contribution in [3.05, 3.63) is 23.8 Å². The van der Waals surface area contributed by atoms with Crippen molar-refractivity contribution >= 4 is 18.5 Å². The lowest BCUT2D eigenvalue weighted by Crippen LogP contribution is -2.41. The summed E-state index contributed by atoms with van der Waals surface area (Å²) in [5.41, 5.74) is 0.987. The molecule has 24 heavy (non-hydrogen) atoms. The van der Waals surface area contributed by atoms with E-state index in [1.807, 2.05) is 52.8 Å². The van der Waals surface area contributed by atoms with Crippen molar-refractivity contribution in [2.24, 2.45) is 0 Å². The normalized spacial score (nSPS) is 18.5. The van der Waals surface area contributed by atoms with E-state index in [1.54, 1.807) is 19.1 Å². The van der Waals surface area contributed by atoms with Gasteiger partial charge in [-0.1, -0.05) is 12.1 Å². The van der Waals surface area contributed by atoms with Crippen molar-refractivity contribution in [2.45, 2.75) is 52.2 Å². The molecule has 0 unspecified atom stereocenters. The molecule has 5 nitrogen and oxygen atoms in total. The third-order valence-corrected chi connectivity index (χ3v) is 5.08. The van der Waals surface area contributed by atoms with E-state index in [2.05, 4.69) is 0 Å². The van der Waals surface area contributed by atoms with Crippen LogP contribution in [0.3, 0.4) is 0 Å². The third-order valence-electron chi connectivity index (χ3n) is 5.08. The molecule has 1 aromatic carbocycles. The molecule has 0 bridgehead atoms. The number of hydrogen-bond donors (Lipinski definition) is 0. The highest BCUT2D eigenvalue weighted by atomic mass is 16.7. The summed E-state index contributed by atoms with van der Waals surface area (Å²) >= 11 is 0. The number of rotatable bonds is 5. The van der Waals surface area contributed by atoms with E-state index < -0.39 is 7.12 Å². The van der Waals surface area contributed by atoms with Gasteiger partial charge in [0.15, 0.2) is 0 Å². The zero-order valence-corrected chi connectivity index (χ0v) is 15.8. The van der Waals surface area contributed by atoms with Crippen LogP contribution in [-0.4, -0.2) is 49.8 Å². The van der Waals surface area contributed by atoms with Gasteiger partial charge in [0, 0.05) is 19.2 Å². The van der Waals surface area contributed by atoms with Gasteiger partial charge in [0.2, 0.25) is 5.91 Å². The summed E-state index contributed by atoms with van der Waals surface area (Å²) < 4.78 is 17.6. The fraction of sp³-hybridized carbons (Fsp3) is 0.611. The maximum absolute atomic E-state index is 12.1. The Morgan fingerprint density at radius 2 is 1.79 bits per heavy atom. The average molecular weight is 333 g/mol. The van der Waals surface area contributed by atoms with Gasteiger partial charge < -0.3 is 18.9 Å². The van der Waals surface area contributed by atoms with Gasteiger partial charge >= 0.3 is 7.12 Å². The van der Waals surface area contributed by atoms with Crippen molar-refractivity contribution in [2.75, 3.05) is 20.7 Å². The van der Waals surface area contributed by atoms with E-state index in [4.69, 9.17) is 14.0 Å². The van der Waals surface area contributed by atoms with E-state index >= 15 is 0 Å². The molecular weight excluding hydrogens is 305 g/mol. The Hall–Kier alpha value is -1.53. The zero-order chi connectivity index (χ0) is 18.1. The highest BCUT2D eigenvalue weighted by Crippen LogP contribution is 2.36. The summed E-state index contributed by atoms with van der Waals surface area (Å²) in [6, 6.07) is 5.76. The second-order valence-corrected chi connectivity index (χ2v) is 7.24. The van der Waals surface area contributed by atoms with Crippen molar-refractivity contribution in [1.82, 2.24) is 4.90 Å². The van der Waals surface area contributed by atoms with Crippen molar-refractivity contribution in [1.29, 1.82) is 0 Å². The number of likely N-dealkylation sites (N-methyl/N-ethyl adjacent to an activating group) is 1. The zero-order valence-electron chi connectivity index (χ0n) is 15.8. The van der Waals surface area contributed by atoms with Crippen LogP contribution in [0.5, 0.6) is 5.75 Å². The third kappa shape index (κ3) is 3.60. The second-order valence-electron chi connectivity index (χ2n) is 7.24. The summed E-state index contributed by atoms with van der Waals surface area (Å²) in [6.45, 7) is 10.7. The first-order valence-corrected chi connectivity index (χ1v) is 8.37. The lowest BCUT2D eigenvalue weighted by atomic mass is 9.78. The van der Waals surface area contributed by atoms with Crippen LogP contribution in [0.2, 0.25) is 0 Å². The van der Waals surface area contributed by atoms with E-state index in [1.165, 1.54) is 0 Å². The summed E-state index contributed by atoms with van der Waals surface area (Å²) in [7, 11) is 2.97. The molecular formula is C18H28BNO4. The highest BCUT2D eigenvalue weighted by Gasteiger charge is 2.51. The summed E-state index contributed by atoms with van der Waals surface area (Å²) in [4.78, 5) is 13.8. The largest absolute Gasteiger partial charge is 0.496 e. The molecule has 6 heteroatoms. The van der Waals surface area contributed by atoms with E-state index in [-0.39, 0.29) is 17.1 Å². The Morgan fingerprint density at radius 1 is 1.21 bits per heavy atom. The monoisotopic (exact) mass is 333 g/mol. The van der Waals surface area contributed by atoms with E-state index in [0.717, 1.165) is 11.0 Å². The van der Waals surface area contributed by atoms with Crippen LogP contribution in [0, 0.1) is 0 Å². The first kappa shape index (κ1) is 18.8. The molecule has 0 radical (unpaired) electrons. The molecule has 1 heterocycles. The maximum Gasteiger partial charge on any atom is 0.494 e. The molecule has 0 N–H and O–H groups in total. The van der Waals surface area contributed by atoms with Gasteiger partial charge in [-0.25, -0.2) is 0 Å². The fourth-order valence-electron chi connectivity index (χ4n) is 2.51. The molecule has 2 rings (SSSR count). The van der Waals surface area contributed by atoms with Crippen molar-refractivity contribution in [3.8, 4) is 5.75 Å². The van der Waals surface area contributed by atoms with Crippen molar-refractivity contribution < 1.29 is 18.8 Å². The first-order valence-electron chi connectivity index (χ1n) is 8.37. The van der Waals surface area contributed by atoms with Gasteiger partial charge in [-0.05, 0) is 46.1 Å². The molecule has 132 valence electrons. The van der Waals surface area contributed by atoms with Gasteiger partial charge in [-0.3, -0.25) is 4.79 Å². The molecule has 0 spiro atoms. The molecule has 1 fully saturated rings. The number of methoxy groups -OCH3 is 1. The number of amides is 1. The number of carbonyl (C=O) groups excluding carboxylic acids is 1. The molecule has 0 aromatic heterocycles. The SMILES string of the molecule is CCN(C)C(=O)Cc1ccc(B2OC(C)(C)C(C)(C)O2)cc1OC. The van der Waals surface area contributed by atoms with Gasteiger partial charge in [-0.2, -0.15) is 0 Å². The van der Waals surface area contributed by atoms with Crippen LogP contribution < -0.4 is 10.2 Å². The predicted octanol–water partition coefficient (Wildman–Crippen LogP) is 2.02. The van der Waals surface area contributed by atoms with Gasteiger partial charge in [0.25, 0.3) is 0 Å². The summed E-state index contributed by atoms with van der Waals surface area (Å²) in [6.07, 6.45) is 0.317. The highest BCUT2D eigenvalue weighted by molar-refractivity contribution is 6.62. The molecule has 1 aliphatic rings. The second kappa shape index (κ2) is 6.77. The Kier molecular flexibility index (Phi) is 5.30.